The largest absolute Gasteiger partial charge is 0.493 e. The number of benzene rings is 2. The van der Waals surface area contributed by atoms with Crippen LogP contribution in [0.25, 0.3) is 0 Å². The van der Waals surface area contributed by atoms with Crippen LogP contribution in [0, 0.1) is 0 Å². The highest BCUT2D eigenvalue weighted by Gasteiger charge is 2.13. The van der Waals surface area contributed by atoms with Crippen LogP contribution in [0.3, 0.4) is 0 Å². The zero-order valence-electron chi connectivity index (χ0n) is 24.0. The van der Waals surface area contributed by atoms with Crippen molar-refractivity contribution in [3.05, 3.63) is 35.4 Å². The number of halogens is 4. The van der Waals surface area contributed by atoms with Gasteiger partial charge >= 0.3 is 0 Å². The van der Waals surface area contributed by atoms with Crippen LogP contribution in [0.1, 0.15) is 11.1 Å². The third-order valence-corrected chi connectivity index (χ3v) is 5.54. The standard InChI is InChI=1S/C26H42N4O6.4ClH/c1-31-21-13-19(14-22(32-2)25(21)35-5)17-29-11-9-27-7-8-28-10-12-30-18-20-15-23(33-3)26(36-6)24(16-20)34-4;;;;/h13-16,27-30H,7-12,17-18H2,1-6H3;4*1H. The highest BCUT2D eigenvalue weighted by molar-refractivity contribution is 5.86. The van der Waals surface area contributed by atoms with E-state index >= 15 is 0 Å². The number of rotatable bonds is 19. The minimum atomic E-state index is 0. The van der Waals surface area contributed by atoms with E-state index < -0.39 is 0 Å². The van der Waals surface area contributed by atoms with Gasteiger partial charge in [0.15, 0.2) is 23.0 Å². The molecule has 0 heterocycles. The van der Waals surface area contributed by atoms with Crippen molar-refractivity contribution in [2.45, 2.75) is 13.1 Å². The Labute approximate surface area is 263 Å². The third kappa shape index (κ3) is 13.7. The molecular formula is C26H46Cl4N4O6. The Morgan fingerprint density at radius 1 is 0.400 bits per heavy atom. The third-order valence-electron chi connectivity index (χ3n) is 5.54. The van der Waals surface area contributed by atoms with Gasteiger partial charge in [-0.25, -0.2) is 0 Å². The minimum Gasteiger partial charge on any atom is -0.493 e. The lowest BCUT2D eigenvalue weighted by Gasteiger charge is -2.15. The second-order valence-corrected chi connectivity index (χ2v) is 7.92. The van der Waals surface area contributed by atoms with Crippen LogP contribution in [0.2, 0.25) is 0 Å². The fraction of sp³-hybridized carbons (Fsp3) is 0.538. The summed E-state index contributed by atoms with van der Waals surface area (Å²) in [4.78, 5) is 0. The molecule has 0 saturated heterocycles. The number of hydrogen-bond donors (Lipinski definition) is 4. The van der Waals surface area contributed by atoms with Crippen molar-refractivity contribution in [1.82, 2.24) is 21.3 Å². The van der Waals surface area contributed by atoms with Gasteiger partial charge in [0, 0.05) is 52.4 Å². The van der Waals surface area contributed by atoms with Crippen LogP contribution in [-0.2, 0) is 13.1 Å². The molecule has 0 bridgehead atoms. The zero-order valence-corrected chi connectivity index (χ0v) is 27.3. The van der Waals surface area contributed by atoms with Crippen molar-refractivity contribution < 1.29 is 28.4 Å². The predicted molar refractivity (Wildman–Crippen MR) is 170 cm³/mol. The van der Waals surface area contributed by atoms with Crippen LogP contribution < -0.4 is 49.7 Å². The Balaban J connectivity index is -0.00000342. The van der Waals surface area contributed by atoms with E-state index in [2.05, 4.69) is 21.3 Å². The molecule has 0 atom stereocenters. The molecule has 0 aliphatic heterocycles. The Morgan fingerprint density at radius 2 is 0.650 bits per heavy atom. The predicted octanol–water partition coefficient (Wildman–Crippen LogP) is 3.48. The first-order chi connectivity index (χ1) is 17.6. The quantitative estimate of drug-likeness (QED) is 0.169. The molecule has 2 rings (SSSR count). The molecule has 0 aromatic heterocycles. The molecule has 0 fully saturated rings. The second kappa shape index (κ2) is 25.0. The van der Waals surface area contributed by atoms with Crippen molar-refractivity contribution in [2.24, 2.45) is 0 Å². The normalized spacial score (nSPS) is 9.65. The van der Waals surface area contributed by atoms with Crippen molar-refractivity contribution in [2.75, 3.05) is 81.9 Å². The van der Waals surface area contributed by atoms with Gasteiger partial charge in [0.1, 0.15) is 0 Å². The van der Waals surface area contributed by atoms with Gasteiger partial charge in [-0.2, -0.15) is 0 Å². The molecule has 2 aromatic carbocycles. The number of ether oxygens (including phenoxy) is 6. The van der Waals surface area contributed by atoms with Gasteiger partial charge in [-0.1, -0.05) is 0 Å². The van der Waals surface area contributed by atoms with Gasteiger partial charge in [-0.3, -0.25) is 0 Å². The maximum Gasteiger partial charge on any atom is 0.203 e. The topological polar surface area (TPSA) is 104 Å². The van der Waals surface area contributed by atoms with Gasteiger partial charge in [-0.15, -0.1) is 49.6 Å². The van der Waals surface area contributed by atoms with E-state index in [0.29, 0.717) is 47.6 Å². The van der Waals surface area contributed by atoms with Gasteiger partial charge in [-0.05, 0) is 35.4 Å². The van der Waals surface area contributed by atoms with Gasteiger partial charge in [0.25, 0.3) is 0 Å². The van der Waals surface area contributed by atoms with E-state index in [4.69, 9.17) is 28.4 Å². The van der Waals surface area contributed by atoms with Crippen LogP contribution in [0.5, 0.6) is 34.5 Å². The molecule has 2 aromatic rings. The number of methoxy groups -OCH3 is 6. The van der Waals surface area contributed by atoms with E-state index in [0.717, 1.165) is 50.4 Å². The zero-order chi connectivity index (χ0) is 26.2. The summed E-state index contributed by atoms with van der Waals surface area (Å²) in [5.74, 6) is 3.86. The Bertz CT molecular complexity index is 807. The van der Waals surface area contributed by atoms with Crippen molar-refractivity contribution >= 4 is 49.6 Å². The molecule has 0 spiro atoms. The molecule has 14 heteroatoms. The van der Waals surface area contributed by atoms with Crippen molar-refractivity contribution in [3.8, 4) is 34.5 Å². The van der Waals surface area contributed by atoms with Crippen molar-refractivity contribution in [1.29, 1.82) is 0 Å². The smallest absolute Gasteiger partial charge is 0.203 e. The Hall–Kier alpha value is -1.76. The van der Waals surface area contributed by atoms with E-state index in [1.807, 2.05) is 24.3 Å². The first-order valence-corrected chi connectivity index (χ1v) is 12.0. The molecule has 0 aliphatic carbocycles. The molecule has 0 radical (unpaired) electrons. The second-order valence-electron chi connectivity index (χ2n) is 7.92. The molecular weight excluding hydrogens is 606 g/mol. The fourth-order valence-electron chi connectivity index (χ4n) is 3.72. The van der Waals surface area contributed by atoms with E-state index in [-0.39, 0.29) is 49.6 Å². The van der Waals surface area contributed by atoms with Gasteiger partial charge in [0.05, 0.1) is 42.7 Å². The monoisotopic (exact) mass is 650 g/mol. The summed E-state index contributed by atoms with van der Waals surface area (Å²) >= 11 is 0. The molecule has 234 valence electrons. The number of nitrogens with one attached hydrogen (secondary N) is 4. The van der Waals surface area contributed by atoms with Gasteiger partial charge in [0.2, 0.25) is 11.5 Å². The van der Waals surface area contributed by atoms with Crippen LogP contribution >= 0.6 is 49.6 Å². The van der Waals surface area contributed by atoms with Crippen LogP contribution in [-0.4, -0.2) is 81.9 Å². The SMILES string of the molecule is COc1cc(CNCCNCCNCCNCc2cc(OC)c(OC)c(OC)c2)cc(OC)c1OC.Cl.Cl.Cl.Cl. The molecule has 0 saturated carbocycles. The lowest BCUT2D eigenvalue weighted by atomic mass is 10.1. The summed E-state index contributed by atoms with van der Waals surface area (Å²) in [7, 11) is 9.70. The van der Waals surface area contributed by atoms with Crippen LogP contribution in [0.15, 0.2) is 24.3 Å². The highest BCUT2D eigenvalue weighted by atomic mass is 35.5. The van der Waals surface area contributed by atoms with E-state index in [1.54, 1.807) is 42.7 Å². The average Bonchev–Trinajstić information content (AvgIpc) is 2.92. The summed E-state index contributed by atoms with van der Waals surface area (Å²) in [6.07, 6.45) is 0. The molecule has 10 nitrogen and oxygen atoms in total. The summed E-state index contributed by atoms with van der Waals surface area (Å²) in [6, 6.07) is 7.84. The first kappa shape index (κ1) is 42.7. The molecule has 0 aliphatic rings. The minimum absolute atomic E-state index is 0. The maximum absolute atomic E-state index is 5.40. The summed E-state index contributed by atoms with van der Waals surface area (Å²) in [6.45, 7) is 6.71. The molecule has 40 heavy (non-hydrogen) atoms. The van der Waals surface area contributed by atoms with Crippen LogP contribution in [0.4, 0.5) is 0 Å². The average molecular weight is 652 g/mol. The maximum atomic E-state index is 5.40. The van der Waals surface area contributed by atoms with Crippen molar-refractivity contribution in [3.63, 3.8) is 0 Å². The Kier molecular flexibility index (Phi) is 26.7. The molecule has 0 amide bonds. The molecule has 0 unspecified atom stereocenters. The Morgan fingerprint density at radius 3 is 0.875 bits per heavy atom. The van der Waals surface area contributed by atoms with Gasteiger partial charge < -0.3 is 49.7 Å². The summed E-state index contributed by atoms with van der Waals surface area (Å²) < 4.78 is 32.4. The highest BCUT2D eigenvalue weighted by Crippen LogP contribution is 2.39. The first-order valence-electron chi connectivity index (χ1n) is 12.0. The summed E-state index contributed by atoms with van der Waals surface area (Å²) in [5, 5.41) is 13.7. The lowest BCUT2D eigenvalue weighted by Crippen LogP contribution is -2.35. The van der Waals surface area contributed by atoms with E-state index in [9.17, 15) is 0 Å². The van der Waals surface area contributed by atoms with E-state index in [1.165, 1.54) is 0 Å². The fourth-order valence-corrected chi connectivity index (χ4v) is 3.72. The summed E-state index contributed by atoms with van der Waals surface area (Å²) in [5.41, 5.74) is 2.15. The lowest BCUT2D eigenvalue weighted by molar-refractivity contribution is 0.323. The number of hydrogen-bond acceptors (Lipinski definition) is 10. The molecule has 4 N–H and O–H groups in total.